The van der Waals surface area contributed by atoms with Crippen LogP contribution in [0.3, 0.4) is 0 Å². The smallest absolute Gasteiger partial charge is 0.236 e. The second kappa shape index (κ2) is 7.38. The maximum Gasteiger partial charge on any atom is 0.236 e. The first-order chi connectivity index (χ1) is 9.69. The lowest BCUT2D eigenvalue weighted by molar-refractivity contribution is -0.137. The topological polar surface area (TPSA) is 53.0 Å². The van der Waals surface area contributed by atoms with Crippen molar-refractivity contribution < 1.29 is 14.6 Å². The van der Waals surface area contributed by atoms with Gasteiger partial charge in [0.2, 0.25) is 5.91 Å². The van der Waals surface area contributed by atoms with Gasteiger partial charge in [0.1, 0.15) is 0 Å². The van der Waals surface area contributed by atoms with Crippen molar-refractivity contribution in [2.45, 2.75) is 32.6 Å². The van der Waals surface area contributed by atoms with Crippen molar-refractivity contribution in [1.82, 2.24) is 9.80 Å². The number of nitrogens with zero attached hydrogens (tertiary/aromatic N) is 2. The van der Waals surface area contributed by atoms with E-state index in [-0.39, 0.29) is 17.9 Å². The van der Waals surface area contributed by atoms with Gasteiger partial charge in [-0.25, -0.2) is 0 Å². The average Bonchev–Trinajstić information content (AvgIpc) is 2.49. The fraction of sp³-hybridized carbons (Fsp3) is 0.933. The predicted octanol–water partition coefficient (Wildman–Crippen LogP) is 0.720. The van der Waals surface area contributed by atoms with E-state index in [1.54, 1.807) is 0 Å². The molecule has 0 unspecified atom stereocenters. The number of aliphatic hydroxyl groups excluding tert-OH is 1. The van der Waals surface area contributed by atoms with Crippen LogP contribution in [0.4, 0.5) is 0 Å². The summed E-state index contributed by atoms with van der Waals surface area (Å²) in [5.74, 6) is 0.207. The highest BCUT2D eigenvalue weighted by molar-refractivity contribution is 5.78. The van der Waals surface area contributed by atoms with Crippen LogP contribution in [0.5, 0.6) is 0 Å². The van der Waals surface area contributed by atoms with Crippen LogP contribution in [0, 0.1) is 5.41 Å². The number of hydrogen-bond donors (Lipinski definition) is 1. The van der Waals surface area contributed by atoms with Crippen molar-refractivity contribution in [1.29, 1.82) is 0 Å². The lowest BCUT2D eigenvalue weighted by Gasteiger charge is -2.42. The van der Waals surface area contributed by atoms with Crippen LogP contribution >= 0.6 is 0 Å². The number of rotatable bonds is 5. The molecule has 2 saturated heterocycles. The fourth-order valence-corrected chi connectivity index (χ4v) is 3.49. The molecule has 20 heavy (non-hydrogen) atoms. The maximum atomic E-state index is 12.3. The molecule has 2 aliphatic rings. The summed E-state index contributed by atoms with van der Waals surface area (Å²) in [6.45, 7) is 7.46. The molecule has 0 bridgehead atoms. The van der Waals surface area contributed by atoms with Crippen molar-refractivity contribution in [3.05, 3.63) is 0 Å². The summed E-state index contributed by atoms with van der Waals surface area (Å²) in [5.41, 5.74) is 0.0122. The Morgan fingerprint density at radius 2 is 2.05 bits per heavy atom. The summed E-state index contributed by atoms with van der Waals surface area (Å²) in [4.78, 5) is 16.4. The highest BCUT2D eigenvalue weighted by Gasteiger charge is 2.35. The minimum absolute atomic E-state index is 0.0122. The normalized spacial score (nSPS) is 28.6. The molecule has 1 atom stereocenters. The molecule has 2 rings (SSSR count). The van der Waals surface area contributed by atoms with E-state index in [1.807, 2.05) is 4.90 Å². The van der Waals surface area contributed by atoms with Gasteiger partial charge in [-0.2, -0.15) is 0 Å². The zero-order chi connectivity index (χ0) is 14.4. The molecule has 0 aromatic rings. The molecule has 1 N–H and O–H groups in total. The van der Waals surface area contributed by atoms with Crippen molar-refractivity contribution >= 4 is 5.91 Å². The molecule has 1 amide bonds. The standard InChI is InChI=1S/C15H28N2O3/c1-2-4-15(13-18)5-3-6-16(12-15)11-14(19)17-7-9-20-10-8-17/h18H,2-13H2,1H3/t15-/m1/s1. The number of carbonyl (C=O) groups is 1. The second-order valence-corrected chi connectivity index (χ2v) is 6.22. The van der Waals surface area contributed by atoms with E-state index >= 15 is 0 Å². The quantitative estimate of drug-likeness (QED) is 0.808. The Balaban J connectivity index is 1.86. The summed E-state index contributed by atoms with van der Waals surface area (Å²) in [6.07, 6.45) is 4.30. The fourth-order valence-electron chi connectivity index (χ4n) is 3.49. The first-order valence-electron chi connectivity index (χ1n) is 7.88. The number of carbonyl (C=O) groups excluding carboxylic acids is 1. The van der Waals surface area contributed by atoms with Gasteiger partial charge in [-0.1, -0.05) is 13.3 Å². The van der Waals surface area contributed by atoms with Crippen LogP contribution in [0.25, 0.3) is 0 Å². The number of likely N-dealkylation sites (tertiary alicyclic amines) is 1. The highest BCUT2D eigenvalue weighted by Crippen LogP contribution is 2.34. The van der Waals surface area contributed by atoms with Gasteiger partial charge >= 0.3 is 0 Å². The van der Waals surface area contributed by atoms with Crippen molar-refractivity contribution in [3.63, 3.8) is 0 Å². The van der Waals surface area contributed by atoms with E-state index in [4.69, 9.17) is 4.74 Å². The molecule has 2 aliphatic heterocycles. The molecule has 0 radical (unpaired) electrons. The minimum atomic E-state index is 0.0122. The molecule has 0 aromatic carbocycles. The first kappa shape index (κ1) is 15.7. The molecule has 2 heterocycles. The SMILES string of the molecule is CCC[C@@]1(CO)CCCN(CC(=O)N2CCOCC2)C1. The number of aliphatic hydroxyl groups is 1. The zero-order valence-electron chi connectivity index (χ0n) is 12.6. The van der Waals surface area contributed by atoms with E-state index in [2.05, 4.69) is 11.8 Å². The van der Waals surface area contributed by atoms with Crippen molar-refractivity contribution in [3.8, 4) is 0 Å². The van der Waals surface area contributed by atoms with Gasteiger partial charge in [-0.3, -0.25) is 9.69 Å². The molecule has 0 aliphatic carbocycles. The number of hydrogen-bond acceptors (Lipinski definition) is 4. The van der Waals surface area contributed by atoms with E-state index in [1.165, 1.54) is 0 Å². The lowest BCUT2D eigenvalue weighted by atomic mass is 9.77. The molecule has 116 valence electrons. The second-order valence-electron chi connectivity index (χ2n) is 6.22. The van der Waals surface area contributed by atoms with Gasteiger partial charge in [0.15, 0.2) is 0 Å². The van der Waals surface area contributed by atoms with Gasteiger partial charge in [0, 0.05) is 31.7 Å². The maximum absolute atomic E-state index is 12.3. The predicted molar refractivity (Wildman–Crippen MR) is 77.5 cm³/mol. The molecule has 5 heteroatoms. The Kier molecular flexibility index (Phi) is 5.81. The van der Waals surface area contributed by atoms with Crippen molar-refractivity contribution in [2.75, 3.05) is 52.5 Å². The summed E-state index contributed by atoms with van der Waals surface area (Å²) in [7, 11) is 0. The summed E-state index contributed by atoms with van der Waals surface area (Å²) < 4.78 is 5.28. The number of ether oxygens (including phenoxy) is 1. The highest BCUT2D eigenvalue weighted by atomic mass is 16.5. The largest absolute Gasteiger partial charge is 0.396 e. The van der Waals surface area contributed by atoms with Crippen LogP contribution in [-0.4, -0.2) is 73.4 Å². The number of piperidine rings is 1. The zero-order valence-corrected chi connectivity index (χ0v) is 12.6. The Bertz CT molecular complexity index is 314. The summed E-state index contributed by atoms with van der Waals surface area (Å²) in [6, 6.07) is 0. The van der Waals surface area contributed by atoms with E-state index in [0.717, 1.165) is 38.8 Å². The summed E-state index contributed by atoms with van der Waals surface area (Å²) >= 11 is 0. The van der Waals surface area contributed by atoms with E-state index in [0.29, 0.717) is 32.8 Å². The van der Waals surface area contributed by atoms with Gasteiger partial charge in [0.05, 0.1) is 19.8 Å². The van der Waals surface area contributed by atoms with Gasteiger partial charge in [0.25, 0.3) is 0 Å². The molecule has 5 nitrogen and oxygen atoms in total. The third-order valence-electron chi connectivity index (χ3n) is 4.58. The van der Waals surface area contributed by atoms with E-state index in [9.17, 15) is 9.90 Å². The monoisotopic (exact) mass is 284 g/mol. The van der Waals surface area contributed by atoms with Gasteiger partial charge < -0.3 is 14.7 Å². The Labute approximate surface area is 121 Å². The number of morpholine rings is 1. The summed E-state index contributed by atoms with van der Waals surface area (Å²) in [5, 5.41) is 9.73. The lowest BCUT2D eigenvalue weighted by Crippen LogP contribution is -2.51. The van der Waals surface area contributed by atoms with Gasteiger partial charge in [-0.05, 0) is 25.8 Å². The molecule has 0 aromatic heterocycles. The molecular formula is C15H28N2O3. The van der Waals surface area contributed by atoms with E-state index < -0.39 is 0 Å². The number of amides is 1. The van der Waals surface area contributed by atoms with Crippen LogP contribution in [0.15, 0.2) is 0 Å². The van der Waals surface area contributed by atoms with Crippen LogP contribution in [-0.2, 0) is 9.53 Å². The Hall–Kier alpha value is -0.650. The van der Waals surface area contributed by atoms with Gasteiger partial charge in [-0.15, -0.1) is 0 Å². The third-order valence-corrected chi connectivity index (χ3v) is 4.58. The molecule has 0 saturated carbocycles. The first-order valence-corrected chi connectivity index (χ1v) is 7.88. The van der Waals surface area contributed by atoms with Crippen LogP contribution < -0.4 is 0 Å². The van der Waals surface area contributed by atoms with Crippen LogP contribution in [0.1, 0.15) is 32.6 Å². The molecular weight excluding hydrogens is 256 g/mol. The Morgan fingerprint density at radius 3 is 2.70 bits per heavy atom. The van der Waals surface area contributed by atoms with Crippen molar-refractivity contribution in [2.24, 2.45) is 5.41 Å². The minimum Gasteiger partial charge on any atom is -0.396 e. The third kappa shape index (κ3) is 3.93. The van der Waals surface area contributed by atoms with Crippen LogP contribution in [0.2, 0.25) is 0 Å². The molecule has 0 spiro atoms. The Morgan fingerprint density at radius 1 is 1.30 bits per heavy atom. The molecule has 2 fully saturated rings. The average molecular weight is 284 g/mol.